The predicted molar refractivity (Wildman–Crippen MR) is 67.2 cm³/mol. The second-order valence-electron chi connectivity index (χ2n) is 3.51. The first-order chi connectivity index (χ1) is 8.10. The summed E-state index contributed by atoms with van der Waals surface area (Å²) in [5, 5.41) is 19.6. The lowest BCUT2D eigenvalue weighted by Gasteiger charge is -2.16. The van der Waals surface area contributed by atoms with E-state index >= 15 is 0 Å². The molecule has 0 bridgehead atoms. The zero-order chi connectivity index (χ0) is 12.8. The Balaban J connectivity index is 2.89. The molecule has 1 rings (SSSR count). The van der Waals surface area contributed by atoms with Crippen LogP contribution in [0.25, 0.3) is 0 Å². The van der Waals surface area contributed by atoms with Crippen LogP contribution in [0.5, 0.6) is 0 Å². The van der Waals surface area contributed by atoms with Gasteiger partial charge < -0.3 is 14.9 Å². The summed E-state index contributed by atoms with van der Waals surface area (Å²) in [4.78, 5) is 11.5. The maximum atomic E-state index is 11.5. The Labute approximate surface area is 108 Å². The minimum atomic E-state index is -1.02. The zero-order valence-electron chi connectivity index (χ0n) is 9.47. The summed E-state index contributed by atoms with van der Waals surface area (Å²) in [7, 11) is 0. The van der Waals surface area contributed by atoms with E-state index in [1.807, 2.05) is 0 Å². The first-order valence-corrected chi connectivity index (χ1v) is 6.41. The summed E-state index contributed by atoms with van der Waals surface area (Å²) in [6.07, 6.45) is -1.93. The number of carbonyl (C=O) groups is 1. The van der Waals surface area contributed by atoms with Gasteiger partial charge in [-0.05, 0) is 24.6 Å². The normalized spacial score (nSPS) is 14.1. The van der Waals surface area contributed by atoms with E-state index in [1.54, 1.807) is 25.1 Å². The number of benzene rings is 1. The van der Waals surface area contributed by atoms with Crippen LogP contribution < -0.4 is 0 Å². The first kappa shape index (κ1) is 14.2. The quantitative estimate of drug-likeness (QED) is 0.641. The molecule has 5 heteroatoms. The van der Waals surface area contributed by atoms with Gasteiger partial charge in [-0.3, -0.25) is 0 Å². The van der Waals surface area contributed by atoms with Crippen LogP contribution in [0.2, 0.25) is 0 Å². The Bertz CT molecular complexity index is 381. The van der Waals surface area contributed by atoms with Crippen LogP contribution in [-0.2, 0) is 4.74 Å². The molecular weight excluding hydrogens is 288 g/mol. The fraction of sp³-hybridized carbons (Fsp3) is 0.417. The highest BCUT2D eigenvalue weighted by Gasteiger charge is 2.18. The average molecular weight is 303 g/mol. The van der Waals surface area contributed by atoms with Crippen LogP contribution in [0.1, 0.15) is 28.9 Å². The van der Waals surface area contributed by atoms with E-state index in [2.05, 4.69) is 15.9 Å². The molecule has 0 aliphatic heterocycles. The molecule has 2 atom stereocenters. The molecule has 0 radical (unpaired) electrons. The van der Waals surface area contributed by atoms with Crippen LogP contribution in [0.3, 0.4) is 0 Å². The molecule has 0 heterocycles. The van der Waals surface area contributed by atoms with Gasteiger partial charge in [0, 0.05) is 5.33 Å². The molecule has 0 aliphatic rings. The van der Waals surface area contributed by atoms with Crippen LogP contribution in [0.15, 0.2) is 24.3 Å². The number of hydrogen-bond donors (Lipinski definition) is 2. The van der Waals surface area contributed by atoms with Gasteiger partial charge in [0.2, 0.25) is 0 Å². The summed E-state index contributed by atoms with van der Waals surface area (Å²) in [5.41, 5.74) is 0.854. The smallest absolute Gasteiger partial charge is 0.338 e. The lowest BCUT2D eigenvalue weighted by Crippen LogP contribution is -2.19. The number of hydrogen-bond acceptors (Lipinski definition) is 4. The van der Waals surface area contributed by atoms with E-state index in [9.17, 15) is 15.0 Å². The van der Waals surface area contributed by atoms with Gasteiger partial charge in [0.25, 0.3) is 0 Å². The molecule has 1 aromatic carbocycles. The molecule has 0 amide bonds. The fourth-order valence-electron chi connectivity index (χ4n) is 1.37. The molecule has 94 valence electrons. The number of ether oxygens (including phenoxy) is 1. The first-order valence-electron chi connectivity index (χ1n) is 5.29. The van der Waals surface area contributed by atoms with E-state index < -0.39 is 18.2 Å². The summed E-state index contributed by atoms with van der Waals surface area (Å²) < 4.78 is 4.86. The molecule has 2 N–H and O–H groups in total. The molecule has 1 aromatic rings. The van der Waals surface area contributed by atoms with Crippen LogP contribution in [0.4, 0.5) is 0 Å². The standard InChI is InChI=1S/C12H15BrO4/c1-2-17-12(16)9-5-3-4-8(6-9)11(15)10(14)7-13/h3-6,10-11,14-15H,2,7H2,1H3. The van der Waals surface area contributed by atoms with Crippen molar-refractivity contribution in [3.63, 3.8) is 0 Å². The van der Waals surface area contributed by atoms with E-state index in [1.165, 1.54) is 6.07 Å². The van der Waals surface area contributed by atoms with Gasteiger partial charge >= 0.3 is 5.97 Å². The largest absolute Gasteiger partial charge is 0.462 e. The lowest BCUT2D eigenvalue weighted by atomic mass is 10.0. The molecular formula is C12H15BrO4. The number of carbonyl (C=O) groups excluding carboxylic acids is 1. The van der Waals surface area contributed by atoms with Crippen molar-refractivity contribution in [2.75, 3.05) is 11.9 Å². The highest BCUT2D eigenvalue weighted by atomic mass is 79.9. The van der Waals surface area contributed by atoms with Crippen molar-refractivity contribution in [2.45, 2.75) is 19.1 Å². The fourth-order valence-corrected chi connectivity index (χ4v) is 1.72. The van der Waals surface area contributed by atoms with Crippen molar-refractivity contribution in [1.29, 1.82) is 0 Å². The Morgan fingerprint density at radius 2 is 2.18 bits per heavy atom. The zero-order valence-corrected chi connectivity index (χ0v) is 11.1. The highest BCUT2D eigenvalue weighted by Crippen LogP contribution is 2.19. The molecule has 0 fully saturated rings. The van der Waals surface area contributed by atoms with Gasteiger partial charge in [0.05, 0.1) is 18.3 Å². The average Bonchev–Trinajstić information content (AvgIpc) is 2.37. The van der Waals surface area contributed by atoms with Gasteiger partial charge in [0.1, 0.15) is 6.10 Å². The van der Waals surface area contributed by atoms with E-state index in [0.29, 0.717) is 17.7 Å². The third kappa shape index (κ3) is 3.80. The summed E-state index contributed by atoms with van der Waals surface area (Å²) in [6.45, 7) is 2.03. The summed E-state index contributed by atoms with van der Waals surface area (Å²) >= 11 is 3.08. The number of alkyl halides is 1. The van der Waals surface area contributed by atoms with Crippen molar-refractivity contribution < 1.29 is 19.7 Å². The molecule has 0 spiro atoms. The molecule has 0 saturated carbocycles. The van der Waals surface area contributed by atoms with Gasteiger partial charge in [-0.2, -0.15) is 0 Å². The van der Waals surface area contributed by atoms with Gasteiger partial charge in [-0.25, -0.2) is 4.79 Å². The second kappa shape index (κ2) is 6.74. The van der Waals surface area contributed by atoms with Gasteiger partial charge in [0.15, 0.2) is 0 Å². The summed E-state index contributed by atoms with van der Waals surface area (Å²) in [5.74, 6) is -0.435. The number of aliphatic hydroxyl groups is 2. The third-order valence-electron chi connectivity index (χ3n) is 2.26. The summed E-state index contributed by atoms with van der Waals surface area (Å²) in [6, 6.07) is 6.42. The minimum absolute atomic E-state index is 0.262. The van der Waals surface area contributed by atoms with Crippen LogP contribution in [-0.4, -0.2) is 34.2 Å². The number of aliphatic hydroxyl groups excluding tert-OH is 2. The van der Waals surface area contributed by atoms with Crippen molar-refractivity contribution in [3.8, 4) is 0 Å². The van der Waals surface area contributed by atoms with Crippen molar-refractivity contribution >= 4 is 21.9 Å². The Morgan fingerprint density at radius 1 is 1.47 bits per heavy atom. The third-order valence-corrected chi connectivity index (χ3v) is 2.93. The number of halogens is 1. The predicted octanol–water partition coefficient (Wildman–Crippen LogP) is 1.65. The van der Waals surface area contributed by atoms with Gasteiger partial charge in [-0.15, -0.1) is 0 Å². The second-order valence-corrected chi connectivity index (χ2v) is 4.16. The van der Waals surface area contributed by atoms with Crippen LogP contribution in [0, 0.1) is 0 Å². The monoisotopic (exact) mass is 302 g/mol. The lowest BCUT2D eigenvalue weighted by molar-refractivity contribution is 0.0340. The molecule has 17 heavy (non-hydrogen) atoms. The number of rotatable bonds is 5. The minimum Gasteiger partial charge on any atom is -0.462 e. The number of esters is 1. The van der Waals surface area contributed by atoms with Gasteiger partial charge in [-0.1, -0.05) is 28.1 Å². The van der Waals surface area contributed by atoms with Crippen molar-refractivity contribution in [3.05, 3.63) is 35.4 Å². The topological polar surface area (TPSA) is 66.8 Å². The Kier molecular flexibility index (Phi) is 5.61. The molecule has 0 aromatic heterocycles. The van der Waals surface area contributed by atoms with E-state index in [4.69, 9.17) is 4.74 Å². The Hall–Kier alpha value is -0.910. The molecule has 0 saturated heterocycles. The Morgan fingerprint density at radius 3 is 2.76 bits per heavy atom. The molecule has 0 aliphatic carbocycles. The highest BCUT2D eigenvalue weighted by molar-refractivity contribution is 9.09. The maximum absolute atomic E-state index is 11.5. The van der Waals surface area contributed by atoms with E-state index in [-0.39, 0.29) is 5.33 Å². The molecule has 4 nitrogen and oxygen atoms in total. The van der Waals surface area contributed by atoms with Crippen LogP contribution >= 0.6 is 15.9 Å². The van der Waals surface area contributed by atoms with Crippen molar-refractivity contribution in [2.24, 2.45) is 0 Å². The van der Waals surface area contributed by atoms with E-state index in [0.717, 1.165) is 0 Å². The maximum Gasteiger partial charge on any atom is 0.338 e. The SMILES string of the molecule is CCOC(=O)c1cccc(C(O)C(O)CBr)c1. The van der Waals surface area contributed by atoms with Crippen molar-refractivity contribution in [1.82, 2.24) is 0 Å². The molecule has 2 unspecified atom stereocenters.